The summed E-state index contributed by atoms with van der Waals surface area (Å²) in [6.45, 7) is 7.84. The van der Waals surface area contributed by atoms with Crippen molar-refractivity contribution in [3.8, 4) is 0 Å². The van der Waals surface area contributed by atoms with Crippen molar-refractivity contribution in [1.82, 2.24) is 5.32 Å². The Morgan fingerprint density at radius 3 is 1.94 bits per heavy atom. The maximum atomic E-state index is 13.3. The van der Waals surface area contributed by atoms with Crippen LogP contribution in [0.25, 0.3) is 5.70 Å². The van der Waals surface area contributed by atoms with Gasteiger partial charge >= 0.3 is 0 Å². The lowest BCUT2D eigenvalue weighted by Gasteiger charge is -2.34. The molecule has 3 nitrogen and oxygen atoms in total. The Balaban J connectivity index is 0.00000385. The highest BCUT2D eigenvalue weighted by Gasteiger charge is 2.38. The van der Waals surface area contributed by atoms with Gasteiger partial charge in [0.25, 0.3) is 0 Å². The largest absolute Gasteiger partial charge is 0.398 e. The summed E-state index contributed by atoms with van der Waals surface area (Å²) in [7, 11) is 0. The fourth-order valence-electron chi connectivity index (χ4n) is 3.61. The first-order valence-corrected chi connectivity index (χ1v) is 11.2. The van der Waals surface area contributed by atoms with Gasteiger partial charge in [-0.05, 0) is 41.0 Å². The van der Waals surface area contributed by atoms with Crippen LogP contribution in [0.4, 0.5) is 4.39 Å². The number of nitrogens with one attached hydrogen (secondary N) is 1. The Morgan fingerprint density at radius 1 is 0.970 bits per heavy atom. The number of nitrogens with two attached hydrogens (primary N) is 1. The van der Waals surface area contributed by atoms with E-state index in [9.17, 15) is 9.18 Å². The molecular weight excluding hydrogens is 431 g/mol. The first-order chi connectivity index (χ1) is 15.3. The third kappa shape index (κ3) is 6.59. The maximum absolute atomic E-state index is 13.3. The summed E-state index contributed by atoms with van der Waals surface area (Å²) >= 11 is 1.22. The van der Waals surface area contributed by atoms with Crippen LogP contribution < -0.4 is 11.1 Å². The zero-order valence-corrected chi connectivity index (χ0v) is 19.0. The minimum Gasteiger partial charge on any atom is -0.398 e. The summed E-state index contributed by atoms with van der Waals surface area (Å²) in [6.07, 6.45) is 0. The molecule has 3 rings (SSSR count). The lowest BCUT2D eigenvalue weighted by atomic mass is 9.70. The van der Waals surface area contributed by atoms with E-state index >= 15 is 0 Å². The SMILES string of the molecule is C.C=C(NC(=O)C(C)(C)C(c1ccccc1)c1ccccc1)S/C=C(\N)c1ccc(F)cc1. The van der Waals surface area contributed by atoms with E-state index in [1.165, 1.54) is 23.9 Å². The molecule has 0 aromatic heterocycles. The molecule has 3 N–H and O–H groups in total. The van der Waals surface area contributed by atoms with Crippen LogP contribution in [-0.4, -0.2) is 5.91 Å². The maximum Gasteiger partial charge on any atom is 0.231 e. The van der Waals surface area contributed by atoms with Crippen molar-refractivity contribution in [2.24, 2.45) is 11.1 Å². The van der Waals surface area contributed by atoms with E-state index in [2.05, 4.69) is 11.9 Å². The Bertz CT molecular complexity index is 1050. The van der Waals surface area contributed by atoms with Crippen LogP contribution in [0.15, 0.2) is 102 Å². The first-order valence-electron chi connectivity index (χ1n) is 10.3. The number of benzene rings is 3. The molecule has 0 saturated carbocycles. The van der Waals surface area contributed by atoms with Gasteiger partial charge in [0.05, 0.1) is 10.4 Å². The number of amides is 1. The average Bonchev–Trinajstić information content (AvgIpc) is 2.79. The van der Waals surface area contributed by atoms with Crippen molar-refractivity contribution in [2.75, 3.05) is 0 Å². The molecule has 172 valence electrons. The van der Waals surface area contributed by atoms with Gasteiger partial charge in [0.2, 0.25) is 5.91 Å². The molecule has 0 saturated heterocycles. The highest BCUT2D eigenvalue weighted by atomic mass is 32.2. The van der Waals surface area contributed by atoms with Gasteiger partial charge in [-0.1, -0.05) is 100 Å². The monoisotopic (exact) mass is 462 g/mol. The molecule has 0 bridgehead atoms. The minimum absolute atomic E-state index is 0. The van der Waals surface area contributed by atoms with Gasteiger partial charge in [-0.25, -0.2) is 4.39 Å². The number of carbonyl (C=O) groups is 1. The summed E-state index contributed by atoms with van der Waals surface area (Å²) in [5.41, 5.74) is 8.63. The summed E-state index contributed by atoms with van der Waals surface area (Å²) < 4.78 is 13.1. The van der Waals surface area contributed by atoms with Crippen molar-refractivity contribution in [1.29, 1.82) is 0 Å². The number of halogens is 1. The summed E-state index contributed by atoms with van der Waals surface area (Å²) in [5.74, 6) is -0.594. The highest BCUT2D eigenvalue weighted by molar-refractivity contribution is 8.05. The second kappa shape index (κ2) is 11.5. The molecule has 0 aliphatic heterocycles. The predicted octanol–water partition coefficient (Wildman–Crippen LogP) is 6.90. The van der Waals surface area contributed by atoms with Crippen LogP contribution in [0.3, 0.4) is 0 Å². The van der Waals surface area contributed by atoms with E-state index in [1.54, 1.807) is 17.5 Å². The summed E-state index contributed by atoms with van der Waals surface area (Å²) in [6, 6.07) is 26.0. The third-order valence-electron chi connectivity index (χ3n) is 5.33. The Labute approximate surface area is 200 Å². The Kier molecular flexibility index (Phi) is 9.06. The molecule has 0 unspecified atom stereocenters. The topological polar surface area (TPSA) is 55.1 Å². The van der Waals surface area contributed by atoms with Gasteiger partial charge in [-0.15, -0.1) is 0 Å². The Morgan fingerprint density at radius 2 is 1.45 bits per heavy atom. The van der Waals surface area contributed by atoms with E-state index in [0.717, 1.165) is 11.1 Å². The van der Waals surface area contributed by atoms with Crippen LogP contribution in [0.1, 0.15) is 43.9 Å². The van der Waals surface area contributed by atoms with Crippen LogP contribution in [0.2, 0.25) is 0 Å². The van der Waals surface area contributed by atoms with E-state index in [1.807, 2.05) is 74.5 Å². The molecule has 0 aliphatic carbocycles. The van der Waals surface area contributed by atoms with Crippen LogP contribution >= 0.6 is 11.8 Å². The Hall–Kier alpha value is -3.31. The quantitative estimate of drug-likeness (QED) is 0.383. The molecule has 1 amide bonds. The normalized spacial score (nSPS) is 11.6. The predicted molar refractivity (Wildman–Crippen MR) is 139 cm³/mol. The number of rotatable bonds is 8. The number of hydrogen-bond donors (Lipinski definition) is 2. The molecule has 0 fully saturated rings. The molecule has 0 radical (unpaired) electrons. The minimum atomic E-state index is -0.752. The van der Waals surface area contributed by atoms with Gasteiger partial charge in [0.15, 0.2) is 0 Å². The zero-order chi connectivity index (χ0) is 23.1. The first kappa shape index (κ1) is 25.9. The van der Waals surface area contributed by atoms with E-state index in [0.29, 0.717) is 16.3 Å². The second-order valence-electron chi connectivity index (χ2n) is 8.05. The standard InChI is InChI=1S/C27H27FN2OS.CH4/c1-19(32-18-24(29)20-14-16-23(28)17-15-20)30-26(31)27(2,3)25(21-10-6-4-7-11-21)22-12-8-5-9-13-22;/h4-18,25H,1,29H2,2-3H3,(H,30,31);1H4/b24-18-;. The highest BCUT2D eigenvalue weighted by Crippen LogP contribution is 2.41. The number of carbonyl (C=O) groups excluding carboxylic acids is 1. The van der Waals surface area contributed by atoms with E-state index in [4.69, 9.17) is 5.73 Å². The van der Waals surface area contributed by atoms with Crippen molar-refractivity contribution < 1.29 is 9.18 Å². The van der Waals surface area contributed by atoms with Crippen LogP contribution in [-0.2, 0) is 4.79 Å². The van der Waals surface area contributed by atoms with Crippen molar-refractivity contribution in [2.45, 2.75) is 27.2 Å². The second-order valence-corrected chi connectivity index (χ2v) is 9.02. The van der Waals surface area contributed by atoms with Gasteiger partial charge in [0.1, 0.15) is 5.82 Å². The van der Waals surface area contributed by atoms with E-state index in [-0.39, 0.29) is 25.1 Å². The summed E-state index contributed by atoms with van der Waals surface area (Å²) in [5, 5.41) is 5.08. The zero-order valence-electron chi connectivity index (χ0n) is 18.2. The molecule has 33 heavy (non-hydrogen) atoms. The molecule has 5 heteroatoms. The van der Waals surface area contributed by atoms with Crippen molar-refractivity contribution in [3.05, 3.63) is 124 Å². The molecule has 0 atom stereocenters. The summed E-state index contributed by atoms with van der Waals surface area (Å²) in [4.78, 5) is 13.3. The van der Waals surface area contributed by atoms with Gasteiger partial charge in [0, 0.05) is 17.0 Å². The van der Waals surface area contributed by atoms with Gasteiger partial charge < -0.3 is 11.1 Å². The van der Waals surface area contributed by atoms with Gasteiger partial charge in [-0.2, -0.15) is 0 Å². The fourth-order valence-corrected chi connectivity index (χ4v) is 4.17. The van der Waals surface area contributed by atoms with Gasteiger partial charge in [-0.3, -0.25) is 4.79 Å². The molecular formula is C28H31FN2OS. The third-order valence-corrected chi connectivity index (χ3v) is 6.09. The smallest absolute Gasteiger partial charge is 0.231 e. The molecule has 0 heterocycles. The van der Waals surface area contributed by atoms with Crippen molar-refractivity contribution in [3.63, 3.8) is 0 Å². The van der Waals surface area contributed by atoms with Crippen LogP contribution in [0, 0.1) is 11.2 Å². The molecule has 3 aromatic carbocycles. The fraction of sp³-hybridized carbons (Fsp3) is 0.179. The lowest BCUT2D eigenvalue weighted by Crippen LogP contribution is -2.40. The van der Waals surface area contributed by atoms with E-state index < -0.39 is 5.41 Å². The lowest BCUT2D eigenvalue weighted by molar-refractivity contribution is -0.129. The molecule has 0 spiro atoms. The number of hydrogen-bond acceptors (Lipinski definition) is 3. The van der Waals surface area contributed by atoms with Crippen LogP contribution in [0.5, 0.6) is 0 Å². The molecule has 0 aliphatic rings. The average molecular weight is 463 g/mol. The van der Waals surface area contributed by atoms with Crippen molar-refractivity contribution >= 4 is 23.4 Å². The number of thioether (sulfide) groups is 1. The molecule has 3 aromatic rings.